The molecule has 8 heteroatoms. The summed E-state index contributed by atoms with van der Waals surface area (Å²) in [5.41, 5.74) is 3.08. The zero-order chi connectivity index (χ0) is 19.3. The molecule has 2 aromatic carbocycles. The average Bonchev–Trinajstić information content (AvgIpc) is 3.12. The van der Waals surface area contributed by atoms with Crippen LogP contribution in [0.2, 0.25) is 5.02 Å². The highest BCUT2D eigenvalue weighted by Crippen LogP contribution is 2.18. The van der Waals surface area contributed by atoms with E-state index in [2.05, 4.69) is 10.5 Å². The lowest BCUT2D eigenvalue weighted by Crippen LogP contribution is -2.16. The molecular formula is C19H15ClN2O4S. The number of carbonyl (C=O) groups is 1. The van der Waals surface area contributed by atoms with E-state index in [-0.39, 0.29) is 22.2 Å². The zero-order valence-corrected chi connectivity index (χ0v) is 15.6. The van der Waals surface area contributed by atoms with Gasteiger partial charge in [0.05, 0.1) is 11.1 Å². The number of nitrogens with one attached hydrogen (secondary N) is 1. The lowest BCUT2D eigenvalue weighted by atomic mass is 10.2. The monoisotopic (exact) mass is 402 g/mol. The maximum atomic E-state index is 12.3. The Morgan fingerprint density at radius 1 is 1.04 bits per heavy atom. The Kier molecular flexibility index (Phi) is 5.73. The summed E-state index contributed by atoms with van der Waals surface area (Å²) in [5.74, 6) is -0.769. The highest BCUT2D eigenvalue weighted by atomic mass is 35.5. The Bertz CT molecular complexity index is 1060. The normalized spacial score (nSPS) is 11.6. The number of hydrazone groups is 1. The van der Waals surface area contributed by atoms with Crippen LogP contribution in [-0.2, 0) is 15.6 Å². The van der Waals surface area contributed by atoms with Gasteiger partial charge in [0.15, 0.2) is 15.6 Å². The molecule has 138 valence electrons. The number of hydrogen-bond acceptors (Lipinski definition) is 5. The molecule has 0 saturated carbocycles. The van der Waals surface area contributed by atoms with E-state index in [0.717, 1.165) is 5.56 Å². The van der Waals surface area contributed by atoms with Crippen molar-refractivity contribution >= 4 is 33.6 Å². The SMILES string of the molecule is O=C(N/N=C\c1ccc(Cl)cc1)c1ccc(CS(=O)(=O)c2ccccc2)o1. The number of amides is 1. The molecule has 0 aliphatic rings. The summed E-state index contributed by atoms with van der Waals surface area (Å²) in [6.07, 6.45) is 1.46. The van der Waals surface area contributed by atoms with Crippen LogP contribution in [0.25, 0.3) is 0 Å². The smallest absolute Gasteiger partial charge is 0.307 e. The van der Waals surface area contributed by atoms with Crippen LogP contribution in [0.1, 0.15) is 21.9 Å². The van der Waals surface area contributed by atoms with E-state index in [1.165, 1.54) is 30.5 Å². The number of hydrogen-bond donors (Lipinski definition) is 1. The number of carbonyl (C=O) groups excluding carboxylic acids is 1. The van der Waals surface area contributed by atoms with Gasteiger partial charge in [-0.3, -0.25) is 4.79 Å². The van der Waals surface area contributed by atoms with Crippen molar-refractivity contribution < 1.29 is 17.6 Å². The second-order valence-electron chi connectivity index (χ2n) is 5.59. The van der Waals surface area contributed by atoms with E-state index in [4.69, 9.17) is 16.0 Å². The fourth-order valence-electron chi connectivity index (χ4n) is 2.25. The molecule has 6 nitrogen and oxygen atoms in total. The van der Waals surface area contributed by atoms with Gasteiger partial charge in [0.1, 0.15) is 11.5 Å². The van der Waals surface area contributed by atoms with Crippen LogP contribution in [0.4, 0.5) is 0 Å². The van der Waals surface area contributed by atoms with Crippen LogP contribution in [0.15, 0.2) is 81.1 Å². The Balaban J connectivity index is 1.63. The Morgan fingerprint density at radius 3 is 2.44 bits per heavy atom. The predicted molar refractivity (Wildman–Crippen MR) is 103 cm³/mol. The molecule has 1 heterocycles. The number of nitrogens with zero attached hydrogens (tertiary/aromatic N) is 1. The van der Waals surface area contributed by atoms with Crippen molar-refractivity contribution in [2.45, 2.75) is 10.6 Å². The number of furan rings is 1. The van der Waals surface area contributed by atoms with Gasteiger partial charge in [0.25, 0.3) is 0 Å². The maximum Gasteiger partial charge on any atom is 0.307 e. The van der Waals surface area contributed by atoms with Gasteiger partial charge < -0.3 is 4.42 Å². The molecular weight excluding hydrogens is 388 g/mol. The van der Waals surface area contributed by atoms with Crippen LogP contribution >= 0.6 is 11.6 Å². The van der Waals surface area contributed by atoms with E-state index in [0.29, 0.717) is 5.02 Å². The largest absolute Gasteiger partial charge is 0.455 e. The third-order valence-electron chi connectivity index (χ3n) is 3.57. The topological polar surface area (TPSA) is 88.7 Å². The molecule has 1 aromatic heterocycles. The number of sulfone groups is 1. The molecule has 3 aromatic rings. The molecule has 1 N–H and O–H groups in total. The second-order valence-corrected chi connectivity index (χ2v) is 8.01. The molecule has 0 atom stereocenters. The van der Waals surface area contributed by atoms with Crippen molar-refractivity contribution in [3.8, 4) is 0 Å². The van der Waals surface area contributed by atoms with Gasteiger partial charge in [-0.15, -0.1) is 0 Å². The molecule has 0 spiro atoms. The van der Waals surface area contributed by atoms with Crippen molar-refractivity contribution in [1.82, 2.24) is 5.43 Å². The molecule has 3 rings (SSSR count). The van der Waals surface area contributed by atoms with Crippen molar-refractivity contribution in [3.63, 3.8) is 0 Å². The van der Waals surface area contributed by atoms with Crippen LogP contribution in [-0.4, -0.2) is 20.5 Å². The summed E-state index contributed by atoms with van der Waals surface area (Å²) in [5, 5.41) is 4.43. The number of benzene rings is 2. The van der Waals surface area contributed by atoms with Crippen molar-refractivity contribution in [3.05, 3.63) is 88.8 Å². The van der Waals surface area contributed by atoms with Gasteiger partial charge in [-0.25, -0.2) is 13.8 Å². The van der Waals surface area contributed by atoms with Gasteiger partial charge in [-0.05, 0) is 42.0 Å². The molecule has 27 heavy (non-hydrogen) atoms. The van der Waals surface area contributed by atoms with Crippen molar-refractivity contribution in [2.75, 3.05) is 0 Å². The van der Waals surface area contributed by atoms with E-state index in [1.807, 2.05) is 0 Å². The minimum absolute atomic E-state index is 0.0264. The summed E-state index contributed by atoms with van der Waals surface area (Å²) < 4.78 is 30.0. The summed E-state index contributed by atoms with van der Waals surface area (Å²) in [4.78, 5) is 12.2. The van der Waals surface area contributed by atoms with Gasteiger partial charge in [0.2, 0.25) is 0 Å². The van der Waals surface area contributed by atoms with Gasteiger partial charge in [-0.2, -0.15) is 5.10 Å². The minimum atomic E-state index is -3.55. The number of halogens is 1. The lowest BCUT2D eigenvalue weighted by Gasteiger charge is -2.02. The maximum absolute atomic E-state index is 12.3. The van der Waals surface area contributed by atoms with Crippen LogP contribution in [0, 0.1) is 0 Å². The second kappa shape index (κ2) is 8.20. The lowest BCUT2D eigenvalue weighted by molar-refractivity contribution is 0.0926. The van der Waals surface area contributed by atoms with Gasteiger partial charge >= 0.3 is 5.91 Å². The number of rotatable bonds is 6. The van der Waals surface area contributed by atoms with E-state index in [1.54, 1.807) is 42.5 Å². The Labute approximate surface area is 161 Å². The average molecular weight is 403 g/mol. The van der Waals surface area contributed by atoms with Crippen molar-refractivity contribution in [2.24, 2.45) is 5.10 Å². The van der Waals surface area contributed by atoms with E-state index in [9.17, 15) is 13.2 Å². The minimum Gasteiger partial charge on any atom is -0.455 e. The molecule has 0 aliphatic heterocycles. The fraction of sp³-hybridized carbons (Fsp3) is 0.0526. The fourth-order valence-corrected chi connectivity index (χ4v) is 3.64. The third kappa shape index (κ3) is 5.06. The first kappa shape index (κ1) is 18.9. The van der Waals surface area contributed by atoms with Crippen LogP contribution in [0.5, 0.6) is 0 Å². The van der Waals surface area contributed by atoms with Crippen LogP contribution < -0.4 is 5.43 Å². The van der Waals surface area contributed by atoms with Gasteiger partial charge in [0, 0.05) is 5.02 Å². The first-order valence-corrected chi connectivity index (χ1v) is 9.92. The Morgan fingerprint density at radius 2 is 1.74 bits per heavy atom. The summed E-state index contributed by atoms with van der Waals surface area (Å²) in [7, 11) is -3.55. The molecule has 0 fully saturated rings. The van der Waals surface area contributed by atoms with Gasteiger partial charge in [-0.1, -0.05) is 41.9 Å². The first-order valence-electron chi connectivity index (χ1n) is 7.89. The first-order chi connectivity index (χ1) is 12.9. The molecule has 0 aliphatic carbocycles. The van der Waals surface area contributed by atoms with E-state index >= 15 is 0 Å². The standard InChI is InChI=1S/C19H15ClN2O4S/c20-15-8-6-14(7-9-15)12-21-22-19(23)18-11-10-16(26-18)13-27(24,25)17-4-2-1-3-5-17/h1-12H,13H2,(H,22,23)/b21-12-. The zero-order valence-electron chi connectivity index (χ0n) is 14.0. The molecule has 0 unspecified atom stereocenters. The predicted octanol–water partition coefficient (Wildman–Crippen LogP) is 3.67. The van der Waals surface area contributed by atoms with E-state index < -0.39 is 15.7 Å². The van der Waals surface area contributed by atoms with Crippen molar-refractivity contribution in [1.29, 1.82) is 0 Å². The molecule has 1 amide bonds. The third-order valence-corrected chi connectivity index (χ3v) is 5.48. The highest BCUT2D eigenvalue weighted by Gasteiger charge is 2.19. The summed E-state index contributed by atoms with van der Waals surface area (Å²) in [6.45, 7) is 0. The molecule has 0 bridgehead atoms. The highest BCUT2D eigenvalue weighted by molar-refractivity contribution is 7.90. The summed E-state index contributed by atoms with van der Waals surface area (Å²) >= 11 is 5.79. The van der Waals surface area contributed by atoms with Crippen LogP contribution in [0.3, 0.4) is 0 Å². The molecule has 0 saturated heterocycles. The molecule has 0 radical (unpaired) electrons. The summed E-state index contributed by atoms with van der Waals surface area (Å²) in [6, 6.07) is 17.8. The quantitative estimate of drug-likeness (QED) is 0.503. The Hall–Kier alpha value is -2.90.